The van der Waals surface area contributed by atoms with Crippen molar-refractivity contribution in [3.8, 4) is 0 Å². The van der Waals surface area contributed by atoms with Crippen molar-refractivity contribution in [1.29, 1.82) is 0 Å². The van der Waals surface area contributed by atoms with E-state index in [-0.39, 0.29) is 0 Å². The van der Waals surface area contributed by atoms with Crippen molar-refractivity contribution in [1.82, 2.24) is 5.09 Å². The molecular formula is C6H17N2O3P. The minimum Gasteiger partial charge on any atom is -0.330 e. The van der Waals surface area contributed by atoms with Crippen LogP contribution in [0.4, 0.5) is 0 Å². The van der Waals surface area contributed by atoms with Gasteiger partial charge in [0.25, 0.3) is 0 Å². The predicted molar refractivity (Wildman–Crippen MR) is 47.6 cm³/mol. The largest absolute Gasteiger partial charge is 0.400 e. The average molecular weight is 196 g/mol. The predicted octanol–water partition coefficient (Wildman–Crippen LogP) is 0.188. The summed E-state index contributed by atoms with van der Waals surface area (Å²) < 4.78 is 10.3. The number of nitrogens with one attached hydrogen (secondary N) is 1. The Morgan fingerprint density at radius 2 is 1.75 bits per heavy atom. The number of unbranched alkanes of at least 4 members (excludes halogenated alkanes) is 3. The number of rotatable bonds is 7. The van der Waals surface area contributed by atoms with Crippen molar-refractivity contribution in [2.75, 3.05) is 13.1 Å². The van der Waals surface area contributed by atoms with E-state index >= 15 is 0 Å². The van der Waals surface area contributed by atoms with Crippen LogP contribution in [0.25, 0.3) is 0 Å². The van der Waals surface area contributed by atoms with E-state index in [0.717, 1.165) is 25.7 Å². The summed E-state index contributed by atoms with van der Waals surface area (Å²) in [4.78, 5) is 16.8. The van der Waals surface area contributed by atoms with Crippen LogP contribution in [0, 0.1) is 0 Å². The van der Waals surface area contributed by atoms with Crippen LogP contribution in [0.3, 0.4) is 0 Å². The monoisotopic (exact) mass is 196 g/mol. The van der Waals surface area contributed by atoms with Gasteiger partial charge in [-0.15, -0.1) is 0 Å². The molecule has 0 aromatic heterocycles. The van der Waals surface area contributed by atoms with Gasteiger partial charge in [0.2, 0.25) is 0 Å². The molecule has 0 radical (unpaired) electrons. The molecule has 0 aromatic rings. The quantitative estimate of drug-likeness (QED) is 0.344. The van der Waals surface area contributed by atoms with Gasteiger partial charge in [0.15, 0.2) is 0 Å². The van der Waals surface area contributed by atoms with Crippen molar-refractivity contribution in [3.05, 3.63) is 0 Å². The molecular weight excluding hydrogens is 179 g/mol. The lowest BCUT2D eigenvalue weighted by Crippen LogP contribution is -2.11. The molecule has 0 aliphatic carbocycles. The molecule has 0 aromatic carbocycles. The highest BCUT2D eigenvalue weighted by atomic mass is 31.2. The van der Waals surface area contributed by atoms with Gasteiger partial charge in [-0.25, -0.2) is 9.65 Å². The smallest absolute Gasteiger partial charge is 0.330 e. The van der Waals surface area contributed by atoms with Gasteiger partial charge in [0.1, 0.15) is 0 Å². The number of hydrogen-bond donors (Lipinski definition) is 4. The van der Waals surface area contributed by atoms with Gasteiger partial charge < -0.3 is 15.5 Å². The fourth-order valence-corrected chi connectivity index (χ4v) is 1.30. The van der Waals surface area contributed by atoms with Crippen LogP contribution in [-0.2, 0) is 4.57 Å². The van der Waals surface area contributed by atoms with E-state index in [1.807, 2.05) is 0 Å². The summed E-state index contributed by atoms with van der Waals surface area (Å²) >= 11 is 0. The SMILES string of the molecule is NCCCCCCNP(=O)(O)O. The molecule has 0 rings (SSSR count). The lowest BCUT2D eigenvalue weighted by Gasteiger charge is -2.04. The van der Waals surface area contributed by atoms with Gasteiger partial charge >= 0.3 is 7.75 Å². The van der Waals surface area contributed by atoms with Crippen molar-refractivity contribution in [2.45, 2.75) is 25.7 Å². The van der Waals surface area contributed by atoms with E-state index in [2.05, 4.69) is 5.09 Å². The first-order valence-electron chi connectivity index (χ1n) is 4.07. The summed E-state index contributed by atoms with van der Waals surface area (Å²) in [6.07, 6.45) is 3.75. The highest BCUT2D eigenvalue weighted by molar-refractivity contribution is 7.49. The lowest BCUT2D eigenvalue weighted by molar-refractivity contribution is 0.356. The normalized spacial score (nSPS) is 11.9. The van der Waals surface area contributed by atoms with Gasteiger partial charge in [0.05, 0.1) is 0 Å². The van der Waals surface area contributed by atoms with E-state index < -0.39 is 7.75 Å². The van der Waals surface area contributed by atoms with E-state index in [1.165, 1.54) is 0 Å². The first kappa shape index (κ1) is 12.1. The molecule has 0 saturated carbocycles. The first-order chi connectivity index (χ1) is 5.56. The summed E-state index contributed by atoms with van der Waals surface area (Å²) in [5.74, 6) is 0. The van der Waals surface area contributed by atoms with Gasteiger partial charge in [-0.2, -0.15) is 0 Å². The highest BCUT2D eigenvalue weighted by Crippen LogP contribution is 2.27. The maximum Gasteiger partial charge on any atom is 0.400 e. The standard InChI is InChI=1S/C6H17N2O3P/c7-5-3-1-2-4-6-8-12(9,10)11/h1-7H2,(H3,8,9,10,11). The molecule has 0 heterocycles. The Hall–Kier alpha value is 0.0700. The Balaban J connectivity index is 3.06. The Labute approximate surface area is 72.6 Å². The van der Waals surface area contributed by atoms with Crippen LogP contribution >= 0.6 is 7.75 Å². The molecule has 0 spiro atoms. The second-order valence-corrected chi connectivity index (χ2v) is 4.06. The molecule has 0 amide bonds. The van der Waals surface area contributed by atoms with Crippen LogP contribution in [0.15, 0.2) is 0 Å². The molecule has 0 atom stereocenters. The minimum absolute atomic E-state index is 0.370. The molecule has 5 N–H and O–H groups in total. The summed E-state index contributed by atoms with van der Waals surface area (Å²) in [7, 11) is -4.00. The molecule has 6 heteroatoms. The van der Waals surface area contributed by atoms with Gasteiger partial charge in [-0.3, -0.25) is 0 Å². The van der Waals surface area contributed by atoms with E-state index in [1.54, 1.807) is 0 Å². The molecule has 0 fully saturated rings. The first-order valence-corrected chi connectivity index (χ1v) is 5.68. The van der Waals surface area contributed by atoms with Gasteiger partial charge in [0, 0.05) is 6.54 Å². The summed E-state index contributed by atoms with van der Waals surface area (Å²) in [6.45, 7) is 1.06. The molecule has 5 nitrogen and oxygen atoms in total. The fraction of sp³-hybridized carbons (Fsp3) is 1.00. The maximum absolute atomic E-state index is 10.3. The average Bonchev–Trinajstić information content (AvgIpc) is 1.94. The lowest BCUT2D eigenvalue weighted by atomic mass is 10.2. The van der Waals surface area contributed by atoms with Crippen LogP contribution in [0.2, 0.25) is 0 Å². The van der Waals surface area contributed by atoms with Crippen LogP contribution < -0.4 is 10.8 Å². The maximum atomic E-state index is 10.3. The minimum atomic E-state index is -4.00. The summed E-state index contributed by atoms with van der Waals surface area (Å²) in [5, 5.41) is 2.13. The number of nitrogens with two attached hydrogens (primary N) is 1. The third-order valence-corrected chi connectivity index (χ3v) is 2.08. The summed E-state index contributed by atoms with van der Waals surface area (Å²) in [5.41, 5.74) is 5.27. The van der Waals surface area contributed by atoms with Crippen LogP contribution in [0.5, 0.6) is 0 Å². The molecule has 0 bridgehead atoms. The Morgan fingerprint density at radius 1 is 1.17 bits per heavy atom. The van der Waals surface area contributed by atoms with E-state index in [9.17, 15) is 4.57 Å². The Morgan fingerprint density at radius 3 is 2.25 bits per heavy atom. The third-order valence-electron chi connectivity index (χ3n) is 1.45. The van der Waals surface area contributed by atoms with E-state index in [0.29, 0.717) is 13.1 Å². The topological polar surface area (TPSA) is 95.6 Å². The van der Waals surface area contributed by atoms with Crippen molar-refractivity contribution in [3.63, 3.8) is 0 Å². The fourth-order valence-electron chi connectivity index (χ4n) is 0.848. The van der Waals surface area contributed by atoms with Gasteiger partial charge in [-0.05, 0) is 19.4 Å². The zero-order valence-electron chi connectivity index (χ0n) is 7.07. The Bertz CT molecular complexity index is 148. The molecule has 0 aliphatic heterocycles. The molecule has 74 valence electrons. The highest BCUT2D eigenvalue weighted by Gasteiger charge is 2.09. The molecule has 0 aliphatic rings. The van der Waals surface area contributed by atoms with Crippen LogP contribution in [0.1, 0.15) is 25.7 Å². The second-order valence-electron chi connectivity index (χ2n) is 2.66. The van der Waals surface area contributed by atoms with Gasteiger partial charge in [-0.1, -0.05) is 12.8 Å². The zero-order chi connectivity index (χ0) is 9.45. The van der Waals surface area contributed by atoms with Crippen molar-refractivity contribution in [2.24, 2.45) is 5.73 Å². The van der Waals surface area contributed by atoms with Crippen LogP contribution in [-0.4, -0.2) is 22.9 Å². The summed E-state index contributed by atoms with van der Waals surface area (Å²) in [6, 6.07) is 0. The number of hydrogen-bond acceptors (Lipinski definition) is 2. The van der Waals surface area contributed by atoms with E-state index in [4.69, 9.17) is 15.5 Å². The van der Waals surface area contributed by atoms with Crippen molar-refractivity contribution >= 4 is 7.75 Å². The second kappa shape index (κ2) is 6.57. The molecule has 12 heavy (non-hydrogen) atoms. The molecule has 0 unspecified atom stereocenters. The zero-order valence-corrected chi connectivity index (χ0v) is 7.96. The van der Waals surface area contributed by atoms with Crippen molar-refractivity contribution < 1.29 is 14.4 Å². The Kier molecular flexibility index (Phi) is 6.61. The molecule has 0 saturated heterocycles. The third kappa shape index (κ3) is 10.1.